The molecule has 1 aromatic heterocycles. The Morgan fingerprint density at radius 3 is 2.59 bits per heavy atom. The minimum Gasteiger partial charge on any atom is -0.240 e. The highest BCUT2D eigenvalue weighted by Crippen LogP contribution is 2.16. The quantitative estimate of drug-likeness (QED) is 0.783. The lowest BCUT2D eigenvalue weighted by Gasteiger charge is -2.14. The van der Waals surface area contributed by atoms with E-state index in [1.165, 1.54) is 0 Å². The monoisotopic (exact) mass is 256 g/mol. The summed E-state index contributed by atoms with van der Waals surface area (Å²) < 4.78 is 24.3. The molecule has 0 N–H and O–H groups in total. The van der Waals surface area contributed by atoms with Gasteiger partial charge in [-0.3, -0.25) is 0 Å². The summed E-state index contributed by atoms with van der Waals surface area (Å²) in [6.07, 6.45) is 3.85. The lowest BCUT2D eigenvalue weighted by Crippen LogP contribution is -2.23. The third-order valence-electron chi connectivity index (χ3n) is 2.75. The minimum atomic E-state index is -3.13. The zero-order valence-corrected chi connectivity index (χ0v) is 11.5. The van der Waals surface area contributed by atoms with Crippen molar-refractivity contribution in [1.29, 1.82) is 0 Å². The van der Waals surface area contributed by atoms with Crippen molar-refractivity contribution in [2.45, 2.75) is 51.0 Å². The van der Waals surface area contributed by atoms with E-state index in [9.17, 15) is 8.42 Å². The molecule has 4 nitrogen and oxygen atoms in total. The predicted molar refractivity (Wildman–Crippen MR) is 68.4 cm³/mol. The van der Waals surface area contributed by atoms with Crippen molar-refractivity contribution in [1.82, 2.24) is 9.97 Å². The van der Waals surface area contributed by atoms with E-state index >= 15 is 0 Å². The summed E-state index contributed by atoms with van der Waals surface area (Å²) in [4.78, 5) is 8.16. The van der Waals surface area contributed by atoms with Crippen molar-refractivity contribution in [2.24, 2.45) is 0 Å². The molecule has 1 heterocycles. The van der Waals surface area contributed by atoms with Gasteiger partial charge in [0.2, 0.25) is 0 Å². The number of aryl methyl sites for hydroxylation is 1. The maximum Gasteiger partial charge on any atom is 0.160 e. The van der Waals surface area contributed by atoms with E-state index in [-0.39, 0.29) is 11.0 Å². The molecule has 5 heteroatoms. The van der Waals surface area contributed by atoms with Crippen molar-refractivity contribution in [3.05, 3.63) is 23.8 Å². The molecular weight excluding hydrogens is 236 g/mol. The van der Waals surface area contributed by atoms with Crippen molar-refractivity contribution in [3.8, 4) is 0 Å². The molecule has 1 aromatic rings. The van der Waals surface area contributed by atoms with Crippen LogP contribution < -0.4 is 0 Å². The van der Waals surface area contributed by atoms with E-state index in [4.69, 9.17) is 0 Å². The average molecular weight is 256 g/mol. The van der Waals surface area contributed by atoms with Gasteiger partial charge in [0.25, 0.3) is 0 Å². The molecule has 0 aliphatic heterocycles. The summed E-state index contributed by atoms with van der Waals surface area (Å²) in [5, 5.41) is -0.267. The third kappa shape index (κ3) is 4.07. The fourth-order valence-electron chi connectivity index (χ4n) is 1.83. The molecule has 96 valence electrons. The molecular formula is C12H20N2O2S. The van der Waals surface area contributed by atoms with Gasteiger partial charge in [-0.05, 0) is 25.8 Å². The Morgan fingerprint density at radius 1 is 1.35 bits per heavy atom. The van der Waals surface area contributed by atoms with Gasteiger partial charge in [-0.25, -0.2) is 18.4 Å². The fourth-order valence-corrected chi connectivity index (χ4v) is 3.67. The number of sulfone groups is 1. The van der Waals surface area contributed by atoms with Crippen molar-refractivity contribution in [3.63, 3.8) is 0 Å². The topological polar surface area (TPSA) is 59.9 Å². The number of rotatable bonds is 6. The van der Waals surface area contributed by atoms with Gasteiger partial charge in [0, 0.05) is 11.9 Å². The summed E-state index contributed by atoms with van der Waals surface area (Å²) in [6.45, 7) is 5.75. The molecule has 1 atom stereocenters. The molecule has 0 fully saturated rings. The first-order chi connectivity index (χ1) is 7.99. The Kier molecular flexibility index (Phi) is 5.05. The number of aromatic nitrogens is 2. The van der Waals surface area contributed by atoms with Crippen molar-refractivity contribution >= 4 is 9.84 Å². The van der Waals surface area contributed by atoms with Gasteiger partial charge in [0.15, 0.2) is 9.84 Å². The van der Waals surface area contributed by atoms with Crippen LogP contribution in [0.2, 0.25) is 0 Å². The van der Waals surface area contributed by atoms with Crippen LogP contribution in [0.15, 0.2) is 12.3 Å². The lowest BCUT2D eigenvalue weighted by molar-refractivity contribution is 0.561. The SMILES string of the molecule is CCCC(CC)S(=O)(=O)Cc1nccc(C)n1. The summed E-state index contributed by atoms with van der Waals surface area (Å²) in [6, 6.07) is 1.76. The van der Waals surface area contributed by atoms with Crippen LogP contribution >= 0.6 is 0 Å². The van der Waals surface area contributed by atoms with Crippen LogP contribution in [-0.4, -0.2) is 23.6 Å². The highest BCUT2D eigenvalue weighted by atomic mass is 32.2. The van der Waals surface area contributed by atoms with E-state index in [0.29, 0.717) is 18.7 Å². The largest absolute Gasteiger partial charge is 0.240 e. The summed E-state index contributed by atoms with van der Waals surface area (Å²) in [5.41, 5.74) is 0.800. The first-order valence-electron chi connectivity index (χ1n) is 5.99. The Balaban J connectivity index is 2.85. The molecule has 0 amide bonds. The molecule has 1 rings (SSSR count). The van der Waals surface area contributed by atoms with E-state index in [2.05, 4.69) is 9.97 Å². The maximum absolute atomic E-state index is 12.2. The zero-order chi connectivity index (χ0) is 12.9. The second-order valence-electron chi connectivity index (χ2n) is 4.24. The van der Waals surface area contributed by atoms with Crippen LogP contribution in [0.3, 0.4) is 0 Å². The normalized spacial score (nSPS) is 13.6. The van der Waals surface area contributed by atoms with E-state index in [0.717, 1.165) is 12.1 Å². The lowest BCUT2D eigenvalue weighted by atomic mass is 10.2. The fraction of sp³-hybridized carbons (Fsp3) is 0.667. The first-order valence-corrected chi connectivity index (χ1v) is 7.71. The smallest absolute Gasteiger partial charge is 0.160 e. The Morgan fingerprint density at radius 2 is 2.06 bits per heavy atom. The van der Waals surface area contributed by atoms with E-state index in [1.807, 2.05) is 20.8 Å². The van der Waals surface area contributed by atoms with Crippen LogP contribution in [0.4, 0.5) is 0 Å². The predicted octanol–water partition coefficient (Wildman–Crippen LogP) is 2.28. The Bertz CT molecular complexity index is 457. The molecule has 1 unspecified atom stereocenters. The Hall–Kier alpha value is -0.970. The number of hydrogen-bond acceptors (Lipinski definition) is 4. The highest BCUT2D eigenvalue weighted by Gasteiger charge is 2.24. The summed E-state index contributed by atoms with van der Waals surface area (Å²) >= 11 is 0. The summed E-state index contributed by atoms with van der Waals surface area (Å²) in [7, 11) is -3.13. The standard InChI is InChI=1S/C12H20N2O2S/c1-4-6-11(5-2)17(15,16)9-12-13-8-7-10(3)14-12/h7-8,11H,4-6,9H2,1-3H3. The second-order valence-corrected chi connectivity index (χ2v) is 6.52. The highest BCUT2D eigenvalue weighted by molar-refractivity contribution is 7.91. The van der Waals surface area contributed by atoms with Gasteiger partial charge in [-0.1, -0.05) is 20.3 Å². The minimum absolute atomic E-state index is 0.0484. The van der Waals surface area contributed by atoms with Gasteiger partial charge in [0.1, 0.15) is 11.6 Å². The number of hydrogen-bond donors (Lipinski definition) is 0. The Labute approximate surface area is 103 Å². The first kappa shape index (κ1) is 14.1. The van der Waals surface area contributed by atoms with E-state index in [1.54, 1.807) is 12.3 Å². The molecule has 0 saturated heterocycles. The molecule has 0 aliphatic rings. The molecule has 0 saturated carbocycles. The van der Waals surface area contributed by atoms with Gasteiger partial charge < -0.3 is 0 Å². The molecule has 0 bridgehead atoms. The van der Waals surface area contributed by atoms with Gasteiger partial charge in [-0.15, -0.1) is 0 Å². The number of nitrogens with zero attached hydrogens (tertiary/aromatic N) is 2. The zero-order valence-electron chi connectivity index (χ0n) is 10.7. The average Bonchev–Trinajstić information content (AvgIpc) is 2.24. The van der Waals surface area contributed by atoms with Crippen LogP contribution in [0.5, 0.6) is 0 Å². The van der Waals surface area contributed by atoms with E-state index < -0.39 is 9.84 Å². The maximum atomic E-state index is 12.2. The van der Waals surface area contributed by atoms with Crippen LogP contribution in [0.1, 0.15) is 44.6 Å². The van der Waals surface area contributed by atoms with Crippen molar-refractivity contribution in [2.75, 3.05) is 0 Å². The van der Waals surface area contributed by atoms with Gasteiger partial charge in [0.05, 0.1) is 5.25 Å². The summed E-state index contributed by atoms with van der Waals surface area (Å²) in [5.74, 6) is 0.354. The van der Waals surface area contributed by atoms with Crippen LogP contribution in [-0.2, 0) is 15.6 Å². The van der Waals surface area contributed by atoms with Crippen LogP contribution in [0, 0.1) is 6.92 Å². The van der Waals surface area contributed by atoms with Crippen LogP contribution in [0.25, 0.3) is 0 Å². The third-order valence-corrected chi connectivity index (χ3v) is 4.99. The van der Waals surface area contributed by atoms with Gasteiger partial charge >= 0.3 is 0 Å². The molecule has 0 spiro atoms. The molecule has 0 aliphatic carbocycles. The molecule has 17 heavy (non-hydrogen) atoms. The molecule has 0 radical (unpaired) electrons. The molecule has 0 aromatic carbocycles. The van der Waals surface area contributed by atoms with Gasteiger partial charge in [-0.2, -0.15) is 0 Å². The second kappa shape index (κ2) is 6.10. The van der Waals surface area contributed by atoms with Crippen molar-refractivity contribution < 1.29 is 8.42 Å².